The zero-order valence-corrected chi connectivity index (χ0v) is 19.8. The number of thiazole rings is 1. The van der Waals surface area contributed by atoms with Crippen LogP contribution in [0.5, 0.6) is 5.75 Å². The standard InChI is InChI=1S/C24H20ClN3O2S2/c1-14-9-19(10-15(2)22(14)25)30-12-21(29)27-23(31)28-24-26-20(13-32-24)18-8-7-16-5-3-4-6-17(16)11-18/h3-11,13H,12H2,1-2H3,(H2,26,27,28,29,31). The second-order valence-electron chi connectivity index (χ2n) is 7.26. The summed E-state index contributed by atoms with van der Waals surface area (Å²) in [6.07, 6.45) is 0. The van der Waals surface area contributed by atoms with Crippen LogP contribution in [0.2, 0.25) is 5.02 Å². The third kappa shape index (κ3) is 5.24. The van der Waals surface area contributed by atoms with Gasteiger partial charge in [0.2, 0.25) is 0 Å². The van der Waals surface area contributed by atoms with Crippen LogP contribution in [0.1, 0.15) is 11.1 Å². The molecule has 32 heavy (non-hydrogen) atoms. The van der Waals surface area contributed by atoms with Crippen molar-refractivity contribution < 1.29 is 9.53 Å². The number of halogens is 1. The van der Waals surface area contributed by atoms with Gasteiger partial charge in [0.25, 0.3) is 5.91 Å². The van der Waals surface area contributed by atoms with Gasteiger partial charge in [-0.05, 0) is 66.2 Å². The van der Waals surface area contributed by atoms with Gasteiger partial charge >= 0.3 is 0 Å². The minimum atomic E-state index is -0.362. The van der Waals surface area contributed by atoms with Crippen molar-refractivity contribution in [1.82, 2.24) is 10.3 Å². The molecule has 0 saturated heterocycles. The smallest absolute Gasteiger partial charge is 0.264 e. The van der Waals surface area contributed by atoms with E-state index in [9.17, 15) is 4.79 Å². The van der Waals surface area contributed by atoms with Crippen molar-refractivity contribution in [2.24, 2.45) is 0 Å². The number of hydrogen-bond acceptors (Lipinski definition) is 5. The van der Waals surface area contributed by atoms with E-state index in [2.05, 4.69) is 39.9 Å². The van der Waals surface area contributed by atoms with E-state index in [-0.39, 0.29) is 17.6 Å². The summed E-state index contributed by atoms with van der Waals surface area (Å²) in [5, 5.41) is 11.3. The number of carbonyl (C=O) groups excluding carboxylic acids is 1. The lowest BCUT2D eigenvalue weighted by Crippen LogP contribution is -2.37. The minimum Gasteiger partial charge on any atom is -0.484 e. The molecule has 0 aliphatic carbocycles. The van der Waals surface area contributed by atoms with Gasteiger partial charge in [0.15, 0.2) is 16.9 Å². The Morgan fingerprint density at radius 2 is 1.81 bits per heavy atom. The van der Waals surface area contributed by atoms with E-state index >= 15 is 0 Å². The summed E-state index contributed by atoms with van der Waals surface area (Å²) >= 11 is 12.8. The molecule has 4 rings (SSSR count). The number of anilines is 1. The molecule has 5 nitrogen and oxygen atoms in total. The Labute approximate surface area is 200 Å². The Kier molecular flexibility index (Phi) is 6.69. The van der Waals surface area contributed by atoms with Crippen LogP contribution in [0.3, 0.4) is 0 Å². The molecule has 0 unspecified atom stereocenters. The van der Waals surface area contributed by atoms with Crippen molar-refractivity contribution in [1.29, 1.82) is 0 Å². The SMILES string of the molecule is Cc1cc(OCC(=O)NC(=S)Nc2nc(-c3ccc4ccccc4c3)cs2)cc(C)c1Cl. The molecule has 1 heterocycles. The number of carbonyl (C=O) groups is 1. The summed E-state index contributed by atoms with van der Waals surface area (Å²) in [4.78, 5) is 16.8. The number of benzene rings is 3. The number of thiocarbonyl (C=S) groups is 1. The van der Waals surface area contributed by atoms with Crippen LogP contribution in [0.4, 0.5) is 5.13 Å². The van der Waals surface area contributed by atoms with Crippen molar-refractivity contribution in [2.45, 2.75) is 13.8 Å². The van der Waals surface area contributed by atoms with Crippen LogP contribution >= 0.6 is 35.2 Å². The number of nitrogens with zero attached hydrogens (tertiary/aromatic N) is 1. The average molecular weight is 482 g/mol. The Morgan fingerprint density at radius 1 is 1.09 bits per heavy atom. The zero-order valence-electron chi connectivity index (χ0n) is 17.4. The van der Waals surface area contributed by atoms with Gasteiger partial charge in [-0.2, -0.15) is 0 Å². The molecule has 0 aliphatic heterocycles. The van der Waals surface area contributed by atoms with Gasteiger partial charge in [-0.1, -0.05) is 48.0 Å². The van der Waals surface area contributed by atoms with Crippen molar-refractivity contribution in [2.75, 3.05) is 11.9 Å². The van der Waals surface area contributed by atoms with Crippen LogP contribution in [0.15, 0.2) is 60.0 Å². The number of ether oxygens (including phenoxy) is 1. The highest BCUT2D eigenvalue weighted by molar-refractivity contribution is 7.80. The minimum absolute atomic E-state index is 0.164. The Morgan fingerprint density at radius 3 is 2.56 bits per heavy atom. The average Bonchev–Trinajstić information content (AvgIpc) is 3.23. The first kappa shape index (κ1) is 22.2. The summed E-state index contributed by atoms with van der Waals surface area (Å²) < 4.78 is 5.56. The zero-order chi connectivity index (χ0) is 22.7. The maximum atomic E-state index is 12.2. The molecule has 0 saturated carbocycles. The lowest BCUT2D eigenvalue weighted by atomic mass is 10.1. The van der Waals surface area contributed by atoms with Gasteiger partial charge in [0.05, 0.1) is 5.69 Å². The third-order valence-corrected chi connectivity index (χ3v) is 6.36. The van der Waals surface area contributed by atoms with E-state index in [1.165, 1.54) is 16.7 Å². The van der Waals surface area contributed by atoms with Crippen molar-refractivity contribution in [3.05, 3.63) is 76.1 Å². The van der Waals surface area contributed by atoms with Gasteiger partial charge in [-0.25, -0.2) is 4.98 Å². The fraction of sp³-hybridized carbons (Fsp3) is 0.125. The molecular formula is C24H20ClN3O2S2. The molecule has 0 radical (unpaired) electrons. The Balaban J connectivity index is 1.33. The number of rotatable bonds is 5. The van der Waals surface area contributed by atoms with Crippen LogP contribution in [-0.4, -0.2) is 22.6 Å². The molecule has 162 valence electrons. The predicted octanol–water partition coefficient (Wildman–Crippen LogP) is 6.13. The van der Waals surface area contributed by atoms with Gasteiger partial charge in [-0.15, -0.1) is 11.3 Å². The first-order valence-electron chi connectivity index (χ1n) is 9.84. The van der Waals surface area contributed by atoms with Crippen molar-refractivity contribution in [3.63, 3.8) is 0 Å². The topological polar surface area (TPSA) is 63.2 Å². The second-order valence-corrected chi connectivity index (χ2v) is 8.91. The molecule has 8 heteroatoms. The molecule has 4 aromatic rings. The van der Waals surface area contributed by atoms with Crippen LogP contribution in [0, 0.1) is 13.8 Å². The first-order chi connectivity index (χ1) is 15.4. The molecule has 0 fully saturated rings. The van der Waals surface area contributed by atoms with E-state index in [1.54, 1.807) is 12.1 Å². The van der Waals surface area contributed by atoms with Crippen LogP contribution in [-0.2, 0) is 4.79 Å². The largest absolute Gasteiger partial charge is 0.484 e. The van der Waals surface area contributed by atoms with E-state index in [0.717, 1.165) is 27.8 Å². The van der Waals surface area contributed by atoms with E-state index < -0.39 is 0 Å². The van der Waals surface area contributed by atoms with E-state index in [1.807, 2.05) is 37.4 Å². The van der Waals surface area contributed by atoms with Gasteiger partial charge in [0.1, 0.15) is 5.75 Å². The number of amides is 1. The van der Waals surface area contributed by atoms with E-state index in [4.69, 9.17) is 28.6 Å². The monoisotopic (exact) mass is 481 g/mol. The van der Waals surface area contributed by atoms with Crippen molar-refractivity contribution >= 4 is 62.1 Å². The number of aromatic nitrogens is 1. The van der Waals surface area contributed by atoms with Gasteiger partial charge in [-0.3, -0.25) is 10.1 Å². The fourth-order valence-electron chi connectivity index (χ4n) is 3.24. The molecule has 0 atom stereocenters. The maximum absolute atomic E-state index is 12.2. The lowest BCUT2D eigenvalue weighted by Gasteiger charge is -2.11. The highest BCUT2D eigenvalue weighted by Gasteiger charge is 2.11. The maximum Gasteiger partial charge on any atom is 0.264 e. The molecular weight excluding hydrogens is 462 g/mol. The number of aryl methyl sites for hydroxylation is 2. The molecule has 0 aliphatic rings. The highest BCUT2D eigenvalue weighted by atomic mass is 35.5. The van der Waals surface area contributed by atoms with Crippen molar-refractivity contribution in [3.8, 4) is 17.0 Å². The summed E-state index contributed by atoms with van der Waals surface area (Å²) in [6.45, 7) is 3.62. The lowest BCUT2D eigenvalue weighted by molar-refractivity contribution is -0.121. The second kappa shape index (κ2) is 9.65. The van der Waals surface area contributed by atoms with Crippen LogP contribution < -0.4 is 15.4 Å². The molecule has 1 amide bonds. The number of nitrogens with one attached hydrogen (secondary N) is 2. The molecule has 2 N–H and O–H groups in total. The summed E-state index contributed by atoms with van der Waals surface area (Å²) in [5.41, 5.74) is 3.65. The van der Waals surface area contributed by atoms with Gasteiger partial charge < -0.3 is 10.1 Å². The summed E-state index contributed by atoms with van der Waals surface area (Å²) in [5.74, 6) is 0.220. The Bertz CT molecular complexity index is 1300. The predicted molar refractivity (Wildman–Crippen MR) is 136 cm³/mol. The molecule has 0 spiro atoms. The molecule has 3 aromatic carbocycles. The van der Waals surface area contributed by atoms with Gasteiger partial charge in [0, 0.05) is 16.0 Å². The fourth-order valence-corrected chi connectivity index (χ4v) is 4.35. The Hall–Kier alpha value is -3.00. The third-order valence-electron chi connectivity index (χ3n) is 4.80. The highest BCUT2D eigenvalue weighted by Crippen LogP contribution is 2.28. The molecule has 1 aromatic heterocycles. The van der Waals surface area contributed by atoms with E-state index in [0.29, 0.717) is 15.9 Å². The normalized spacial score (nSPS) is 10.7. The quantitative estimate of drug-likeness (QED) is 0.336. The molecule has 0 bridgehead atoms. The number of fused-ring (bicyclic) bond motifs is 1. The summed E-state index contributed by atoms with van der Waals surface area (Å²) in [6, 6.07) is 18.0. The number of hydrogen-bond donors (Lipinski definition) is 2. The first-order valence-corrected chi connectivity index (χ1v) is 11.5. The van der Waals surface area contributed by atoms with Crippen LogP contribution in [0.25, 0.3) is 22.0 Å². The summed E-state index contributed by atoms with van der Waals surface area (Å²) in [7, 11) is 0.